The van der Waals surface area contributed by atoms with Crippen molar-refractivity contribution in [3.63, 3.8) is 0 Å². The maximum Gasteiger partial charge on any atom is 0.247 e. The molecule has 0 saturated heterocycles. The Morgan fingerprint density at radius 3 is 2.15 bits per heavy atom. The average molecular weight is 183 g/mol. The van der Waals surface area contributed by atoms with Crippen LogP contribution >= 0.6 is 0 Å². The minimum Gasteiger partial charge on any atom is -0.352 e. The van der Waals surface area contributed by atoms with Gasteiger partial charge in [0.15, 0.2) is 5.78 Å². The van der Waals surface area contributed by atoms with Gasteiger partial charge in [-0.2, -0.15) is 0 Å². The van der Waals surface area contributed by atoms with Crippen molar-refractivity contribution in [1.82, 2.24) is 5.32 Å². The fraction of sp³-hybridized carbons (Fsp3) is 0.600. The Morgan fingerprint density at radius 1 is 1.08 bits per heavy atom. The molecule has 0 spiro atoms. The van der Waals surface area contributed by atoms with Gasteiger partial charge < -0.3 is 5.32 Å². The third-order valence-electron chi connectivity index (χ3n) is 1.96. The van der Waals surface area contributed by atoms with E-state index in [1.54, 1.807) is 13.8 Å². The predicted octanol–water partition coefficient (Wildman–Crippen LogP) is 1.44. The summed E-state index contributed by atoms with van der Waals surface area (Å²) in [6, 6.07) is 0. The second-order valence-electron chi connectivity index (χ2n) is 2.68. The van der Waals surface area contributed by atoms with Crippen LogP contribution in [0, 0.1) is 0 Å². The Labute approximate surface area is 79.2 Å². The molecular formula is C10H17NO2. The van der Waals surface area contributed by atoms with E-state index in [1.807, 2.05) is 13.8 Å². The molecule has 74 valence electrons. The molecule has 0 bridgehead atoms. The first-order valence-electron chi connectivity index (χ1n) is 4.62. The number of Topliss-reactive ketones (excluding diaryl/α,β-unsaturated/α-hetero) is 1. The van der Waals surface area contributed by atoms with Crippen LogP contribution in [0.2, 0.25) is 0 Å². The Morgan fingerprint density at radius 2 is 1.62 bits per heavy atom. The summed E-state index contributed by atoms with van der Waals surface area (Å²) in [6.07, 6.45) is 0.426. The van der Waals surface area contributed by atoms with E-state index < -0.39 is 0 Å². The fourth-order valence-electron chi connectivity index (χ4n) is 0.989. The maximum absolute atomic E-state index is 11.1. The van der Waals surface area contributed by atoms with Crippen molar-refractivity contribution in [1.29, 1.82) is 0 Å². The van der Waals surface area contributed by atoms with Gasteiger partial charge in [-0.3, -0.25) is 9.59 Å². The minimum atomic E-state index is -0.117. The number of hydrogen-bond donors (Lipinski definition) is 1. The molecule has 1 aliphatic rings. The zero-order chi connectivity index (χ0) is 10.4. The topological polar surface area (TPSA) is 46.2 Å². The van der Waals surface area contributed by atoms with E-state index in [2.05, 4.69) is 5.32 Å². The van der Waals surface area contributed by atoms with Crippen LogP contribution in [0.4, 0.5) is 0 Å². The first kappa shape index (κ1) is 11.9. The van der Waals surface area contributed by atoms with Gasteiger partial charge in [0.05, 0.1) is 0 Å². The number of ketones is 1. The molecule has 0 fully saturated rings. The lowest BCUT2D eigenvalue weighted by Gasteiger charge is -1.98. The van der Waals surface area contributed by atoms with Crippen molar-refractivity contribution in [3.05, 3.63) is 11.1 Å². The molecule has 0 aromatic carbocycles. The van der Waals surface area contributed by atoms with Crippen molar-refractivity contribution in [2.75, 3.05) is 6.54 Å². The molecule has 0 radical (unpaired) electrons. The first-order valence-corrected chi connectivity index (χ1v) is 4.62. The van der Waals surface area contributed by atoms with Crippen LogP contribution < -0.4 is 5.32 Å². The lowest BCUT2D eigenvalue weighted by atomic mass is 10.1. The second kappa shape index (κ2) is 5.51. The molecule has 1 amide bonds. The van der Waals surface area contributed by atoms with Gasteiger partial charge in [0.25, 0.3) is 0 Å². The smallest absolute Gasteiger partial charge is 0.247 e. The van der Waals surface area contributed by atoms with E-state index in [0.717, 1.165) is 0 Å². The molecule has 0 aliphatic carbocycles. The zero-order valence-electron chi connectivity index (χ0n) is 8.73. The highest BCUT2D eigenvalue weighted by Crippen LogP contribution is 2.09. The van der Waals surface area contributed by atoms with Gasteiger partial charge in [0.1, 0.15) is 0 Å². The molecule has 1 heterocycles. The van der Waals surface area contributed by atoms with Gasteiger partial charge in [-0.15, -0.1) is 0 Å². The summed E-state index contributed by atoms with van der Waals surface area (Å²) in [6.45, 7) is 7.84. The third kappa shape index (κ3) is 3.01. The number of hydrogen-bond acceptors (Lipinski definition) is 2. The summed E-state index contributed by atoms with van der Waals surface area (Å²) in [5.41, 5.74) is 1.15. The van der Waals surface area contributed by atoms with Crippen LogP contribution in [0.5, 0.6) is 0 Å². The number of amides is 1. The van der Waals surface area contributed by atoms with Gasteiger partial charge >= 0.3 is 0 Å². The molecular weight excluding hydrogens is 166 g/mol. The largest absolute Gasteiger partial charge is 0.352 e. The lowest BCUT2D eigenvalue weighted by Crippen LogP contribution is -2.23. The van der Waals surface area contributed by atoms with E-state index >= 15 is 0 Å². The minimum absolute atomic E-state index is 0.0702. The first-order chi connectivity index (χ1) is 6.13. The van der Waals surface area contributed by atoms with Crippen molar-refractivity contribution < 1.29 is 9.59 Å². The van der Waals surface area contributed by atoms with Crippen LogP contribution in [0.3, 0.4) is 0 Å². The lowest BCUT2D eigenvalue weighted by molar-refractivity contribution is -0.117. The van der Waals surface area contributed by atoms with E-state index in [9.17, 15) is 9.59 Å². The fourth-order valence-corrected chi connectivity index (χ4v) is 0.989. The van der Waals surface area contributed by atoms with Crippen molar-refractivity contribution in [2.24, 2.45) is 0 Å². The normalized spacial score (nSPS) is 17.2. The quantitative estimate of drug-likeness (QED) is 0.617. The number of rotatable bonds is 0. The molecule has 0 atom stereocenters. The summed E-state index contributed by atoms with van der Waals surface area (Å²) in [5, 5.41) is 2.64. The van der Waals surface area contributed by atoms with Crippen molar-refractivity contribution in [3.8, 4) is 0 Å². The number of carbonyl (C=O) groups is 2. The molecule has 0 saturated carbocycles. The van der Waals surface area contributed by atoms with E-state index in [0.29, 0.717) is 24.1 Å². The van der Waals surface area contributed by atoms with Gasteiger partial charge in [-0.1, -0.05) is 13.8 Å². The van der Waals surface area contributed by atoms with Crippen LogP contribution in [-0.4, -0.2) is 18.2 Å². The maximum atomic E-state index is 11.1. The third-order valence-corrected chi connectivity index (χ3v) is 1.96. The van der Waals surface area contributed by atoms with Crippen molar-refractivity contribution in [2.45, 2.75) is 34.1 Å². The number of nitrogens with one attached hydrogen (secondary N) is 1. The molecule has 1 aliphatic heterocycles. The van der Waals surface area contributed by atoms with Gasteiger partial charge in [-0.05, 0) is 13.8 Å². The number of carbonyl (C=O) groups excluding carboxylic acids is 2. The molecule has 3 heteroatoms. The Hall–Kier alpha value is -1.12. The Balaban J connectivity index is 0.000000671. The summed E-state index contributed by atoms with van der Waals surface area (Å²) in [4.78, 5) is 22.2. The van der Waals surface area contributed by atoms with E-state index in [1.165, 1.54) is 0 Å². The van der Waals surface area contributed by atoms with Crippen LogP contribution in [0.15, 0.2) is 11.1 Å². The van der Waals surface area contributed by atoms with Crippen LogP contribution in [-0.2, 0) is 9.59 Å². The summed E-state index contributed by atoms with van der Waals surface area (Å²) in [5.74, 6) is -0.0470. The highest BCUT2D eigenvalue weighted by atomic mass is 16.2. The Kier molecular flexibility index (Phi) is 5.04. The molecule has 3 nitrogen and oxygen atoms in total. The van der Waals surface area contributed by atoms with Gasteiger partial charge in [0.2, 0.25) is 5.91 Å². The monoisotopic (exact) mass is 183 g/mol. The van der Waals surface area contributed by atoms with Gasteiger partial charge in [0, 0.05) is 24.1 Å². The average Bonchev–Trinajstić information content (AvgIpc) is 2.26. The highest BCUT2D eigenvalue weighted by Gasteiger charge is 2.16. The van der Waals surface area contributed by atoms with Crippen LogP contribution in [0.1, 0.15) is 34.1 Å². The molecule has 0 aromatic heterocycles. The van der Waals surface area contributed by atoms with E-state index in [4.69, 9.17) is 0 Å². The SMILES string of the molecule is CC.CC1=C(C)C(=O)NCCC1=O. The van der Waals surface area contributed by atoms with Crippen molar-refractivity contribution >= 4 is 11.7 Å². The molecule has 0 aromatic rings. The standard InChI is InChI=1S/C8H11NO2.C2H6/c1-5-6(2)8(11)9-4-3-7(5)10;1-2/h3-4H2,1-2H3,(H,9,11);1-2H3. The summed E-state index contributed by atoms with van der Waals surface area (Å²) in [7, 11) is 0. The molecule has 1 N–H and O–H groups in total. The van der Waals surface area contributed by atoms with Crippen LogP contribution in [0.25, 0.3) is 0 Å². The zero-order valence-corrected chi connectivity index (χ0v) is 8.73. The second-order valence-corrected chi connectivity index (χ2v) is 2.68. The summed E-state index contributed by atoms with van der Waals surface area (Å²) < 4.78 is 0. The predicted molar refractivity (Wildman–Crippen MR) is 52.4 cm³/mol. The molecule has 0 unspecified atom stereocenters. The van der Waals surface area contributed by atoms with Gasteiger partial charge in [-0.25, -0.2) is 0 Å². The van der Waals surface area contributed by atoms with E-state index in [-0.39, 0.29) is 11.7 Å². The highest BCUT2D eigenvalue weighted by molar-refractivity contribution is 6.06. The Bertz CT molecular complexity index is 217. The number of allylic oxidation sites excluding steroid dienone is 1. The summed E-state index contributed by atoms with van der Waals surface area (Å²) >= 11 is 0. The molecule has 13 heavy (non-hydrogen) atoms. The molecule has 1 rings (SSSR count).